The molecule has 90 valence electrons. The quantitative estimate of drug-likeness (QED) is 0.624. The molecule has 2 aromatic rings. The van der Waals surface area contributed by atoms with E-state index >= 15 is 0 Å². The number of nitrogens with one attached hydrogen (secondary N) is 1. The lowest BCUT2D eigenvalue weighted by Gasteiger charge is -2.01. The van der Waals surface area contributed by atoms with Gasteiger partial charge in [-0.15, -0.1) is 0 Å². The number of H-pyrrole nitrogens is 1. The summed E-state index contributed by atoms with van der Waals surface area (Å²) in [6.45, 7) is 5.02. The molecule has 1 aromatic heterocycles. The minimum absolute atomic E-state index is 0.532. The molecule has 17 heavy (non-hydrogen) atoms. The van der Waals surface area contributed by atoms with Crippen molar-refractivity contribution in [1.82, 2.24) is 9.97 Å². The third-order valence-electron chi connectivity index (χ3n) is 2.45. The molecule has 0 amide bonds. The van der Waals surface area contributed by atoms with Crippen LogP contribution < -0.4 is 5.73 Å². The van der Waals surface area contributed by atoms with Gasteiger partial charge in [0, 0.05) is 6.54 Å². The van der Waals surface area contributed by atoms with Crippen LogP contribution in [0.25, 0.3) is 11.0 Å². The van der Waals surface area contributed by atoms with E-state index in [1.54, 1.807) is 0 Å². The molecule has 0 aliphatic carbocycles. The first kappa shape index (κ1) is 11.6. The van der Waals surface area contributed by atoms with Crippen molar-refractivity contribution >= 4 is 16.9 Å². The fourth-order valence-corrected chi connectivity index (χ4v) is 1.62. The number of hydrogen-bond donors (Lipinski definition) is 2. The molecular weight excluding hydrogens is 212 g/mol. The summed E-state index contributed by atoms with van der Waals surface area (Å²) in [4.78, 5) is 12.0. The van der Waals surface area contributed by atoms with E-state index < -0.39 is 0 Å². The third-order valence-corrected chi connectivity index (χ3v) is 2.45. The van der Waals surface area contributed by atoms with E-state index in [-0.39, 0.29) is 0 Å². The van der Waals surface area contributed by atoms with Gasteiger partial charge in [0.1, 0.15) is 11.7 Å². The maximum absolute atomic E-state index is 5.87. The first-order chi connectivity index (χ1) is 8.15. The number of rotatable bonds is 4. The Kier molecular flexibility index (Phi) is 3.42. The second kappa shape index (κ2) is 4.99. The van der Waals surface area contributed by atoms with E-state index in [9.17, 15) is 0 Å². The minimum atomic E-state index is 0.532. The molecule has 3 N–H and O–H groups in total. The topological polar surface area (TPSA) is 67.1 Å². The number of nitrogens with two attached hydrogens (primary N) is 1. The van der Waals surface area contributed by atoms with Gasteiger partial charge in [0.15, 0.2) is 0 Å². The van der Waals surface area contributed by atoms with Crippen molar-refractivity contribution in [1.29, 1.82) is 0 Å². The summed E-state index contributed by atoms with van der Waals surface area (Å²) in [7, 11) is 0. The molecule has 2 rings (SSSR count). The average Bonchev–Trinajstić information content (AvgIpc) is 2.68. The van der Waals surface area contributed by atoms with Gasteiger partial charge >= 0.3 is 0 Å². The summed E-state index contributed by atoms with van der Waals surface area (Å²) >= 11 is 0. The molecule has 0 spiro atoms. The van der Waals surface area contributed by atoms with Crippen molar-refractivity contribution in [2.75, 3.05) is 6.54 Å². The highest BCUT2D eigenvalue weighted by molar-refractivity contribution is 5.83. The summed E-state index contributed by atoms with van der Waals surface area (Å²) < 4.78 is 0. The van der Waals surface area contributed by atoms with Gasteiger partial charge in [0.05, 0.1) is 17.5 Å². The van der Waals surface area contributed by atoms with Crippen LogP contribution in [0.4, 0.5) is 0 Å². The maximum atomic E-state index is 5.87. The molecule has 0 atom stereocenters. The Morgan fingerprint density at radius 2 is 2.18 bits per heavy atom. The highest BCUT2D eigenvalue weighted by atomic mass is 14.9. The Balaban J connectivity index is 2.10. The van der Waals surface area contributed by atoms with E-state index in [1.165, 1.54) is 0 Å². The van der Waals surface area contributed by atoms with Gasteiger partial charge in [-0.1, -0.05) is 26.0 Å². The van der Waals surface area contributed by atoms with E-state index in [1.807, 2.05) is 24.3 Å². The number of benzene rings is 1. The van der Waals surface area contributed by atoms with Gasteiger partial charge in [0.2, 0.25) is 0 Å². The summed E-state index contributed by atoms with van der Waals surface area (Å²) in [5.74, 6) is 2.04. The van der Waals surface area contributed by atoms with Crippen molar-refractivity contribution in [3.05, 3.63) is 30.1 Å². The Hall–Kier alpha value is -1.84. The van der Waals surface area contributed by atoms with Crippen LogP contribution in [0.15, 0.2) is 29.3 Å². The Morgan fingerprint density at radius 3 is 2.88 bits per heavy atom. The number of nitrogens with zero attached hydrogens (tertiary/aromatic N) is 2. The van der Waals surface area contributed by atoms with E-state index in [2.05, 4.69) is 28.8 Å². The van der Waals surface area contributed by atoms with Gasteiger partial charge in [-0.25, -0.2) is 4.98 Å². The van der Waals surface area contributed by atoms with Gasteiger partial charge in [-0.05, 0) is 18.1 Å². The van der Waals surface area contributed by atoms with E-state index in [0.717, 1.165) is 23.4 Å². The number of imidazole rings is 1. The molecule has 0 radical (unpaired) electrons. The number of amidine groups is 1. The summed E-state index contributed by atoms with van der Waals surface area (Å²) in [5.41, 5.74) is 7.88. The zero-order valence-corrected chi connectivity index (χ0v) is 10.3. The number of aliphatic imine (C=N–C) groups is 1. The van der Waals surface area contributed by atoms with Gasteiger partial charge in [-0.2, -0.15) is 0 Å². The lowest BCUT2D eigenvalue weighted by molar-refractivity contribution is 0.664. The predicted molar refractivity (Wildman–Crippen MR) is 71.1 cm³/mol. The van der Waals surface area contributed by atoms with Crippen molar-refractivity contribution in [2.45, 2.75) is 20.3 Å². The molecule has 0 saturated heterocycles. The highest BCUT2D eigenvalue weighted by Crippen LogP contribution is 2.10. The molecule has 0 aliphatic rings. The number of fused-ring (bicyclic) bond motifs is 1. The SMILES string of the molecule is CC(C)CN=C(N)Cc1nc2ccccc2[nH]1. The Bertz CT molecular complexity index is 492. The van der Waals surface area contributed by atoms with Crippen LogP contribution in [-0.2, 0) is 6.42 Å². The van der Waals surface area contributed by atoms with Crippen LogP contribution in [0.5, 0.6) is 0 Å². The smallest absolute Gasteiger partial charge is 0.114 e. The normalized spacial score (nSPS) is 12.5. The zero-order valence-electron chi connectivity index (χ0n) is 10.3. The van der Waals surface area contributed by atoms with Gasteiger partial charge in [-0.3, -0.25) is 4.99 Å². The number of para-hydroxylation sites is 2. The lowest BCUT2D eigenvalue weighted by atomic mass is 10.2. The van der Waals surface area contributed by atoms with E-state index in [4.69, 9.17) is 5.73 Å². The maximum Gasteiger partial charge on any atom is 0.114 e. The molecule has 0 unspecified atom stereocenters. The van der Waals surface area contributed by atoms with Crippen LogP contribution in [0, 0.1) is 5.92 Å². The molecule has 1 aromatic carbocycles. The third kappa shape index (κ3) is 3.06. The van der Waals surface area contributed by atoms with Crippen LogP contribution in [0.2, 0.25) is 0 Å². The van der Waals surface area contributed by atoms with Crippen LogP contribution in [-0.4, -0.2) is 22.3 Å². The summed E-state index contributed by atoms with van der Waals surface area (Å²) in [6.07, 6.45) is 0.585. The standard InChI is InChI=1S/C13H18N4/c1-9(2)8-15-12(14)7-13-16-10-5-3-4-6-11(10)17-13/h3-6,9H,7-8H2,1-2H3,(H2,14,15)(H,16,17). The first-order valence-electron chi connectivity index (χ1n) is 5.87. The second-order valence-corrected chi connectivity index (χ2v) is 4.60. The molecule has 1 heterocycles. The highest BCUT2D eigenvalue weighted by Gasteiger charge is 2.03. The molecule has 0 bridgehead atoms. The molecule has 4 heteroatoms. The largest absolute Gasteiger partial charge is 0.387 e. The van der Waals surface area contributed by atoms with Crippen LogP contribution in [0.3, 0.4) is 0 Å². The van der Waals surface area contributed by atoms with Crippen LogP contribution in [0.1, 0.15) is 19.7 Å². The zero-order chi connectivity index (χ0) is 12.3. The van der Waals surface area contributed by atoms with Crippen molar-refractivity contribution in [3.63, 3.8) is 0 Å². The van der Waals surface area contributed by atoms with Crippen molar-refractivity contribution in [2.24, 2.45) is 16.6 Å². The first-order valence-corrected chi connectivity index (χ1v) is 5.87. The van der Waals surface area contributed by atoms with E-state index in [0.29, 0.717) is 18.2 Å². The lowest BCUT2D eigenvalue weighted by Crippen LogP contribution is -2.17. The average molecular weight is 230 g/mol. The number of aromatic amines is 1. The molecule has 0 aliphatic heterocycles. The predicted octanol–water partition coefficient (Wildman–Crippen LogP) is 2.12. The van der Waals surface area contributed by atoms with Crippen molar-refractivity contribution < 1.29 is 0 Å². The van der Waals surface area contributed by atoms with Gasteiger partial charge in [0.25, 0.3) is 0 Å². The van der Waals surface area contributed by atoms with Crippen LogP contribution >= 0.6 is 0 Å². The summed E-state index contributed by atoms with van der Waals surface area (Å²) in [6, 6.07) is 7.95. The fraction of sp³-hybridized carbons (Fsp3) is 0.385. The van der Waals surface area contributed by atoms with Crippen molar-refractivity contribution in [3.8, 4) is 0 Å². The monoisotopic (exact) mass is 230 g/mol. The Morgan fingerprint density at radius 1 is 1.41 bits per heavy atom. The molecule has 0 fully saturated rings. The second-order valence-electron chi connectivity index (χ2n) is 4.60. The van der Waals surface area contributed by atoms with Gasteiger partial charge < -0.3 is 10.7 Å². The molecular formula is C13H18N4. The summed E-state index contributed by atoms with van der Waals surface area (Å²) in [5, 5.41) is 0. The minimum Gasteiger partial charge on any atom is -0.387 e. The number of hydrogen-bond acceptors (Lipinski definition) is 2. The number of aromatic nitrogens is 2. The Labute approximate surface area is 101 Å². The fourth-order valence-electron chi connectivity index (χ4n) is 1.62. The molecule has 4 nitrogen and oxygen atoms in total. The molecule has 0 saturated carbocycles.